The Hall–Kier alpha value is -0.710. The van der Waals surface area contributed by atoms with E-state index in [1.165, 1.54) is 0 Å². The van der Waals surface area contributed by atoms with Crippen molar-refractivity contribution in [3.63, 3.8) is 0 Å². The quantitative estimate of drug-likeness (QED) is 0.462. The first-order valence-corrected chi connectivity index (χ1v) is 2.74. The van der Waals surface area contributed by atoms with Gasteiger partial charge in [-0.25, -0.2) is 0 Å². The average molecular weight is 130 g/mol. The van der Waals surface area contributed by atoms with Crippen molar-refractivity contribution in [2.75, 3.05) is 5.73 Å². The SMILES string of the molecule is Nc1n[nH]nc1CS. The summed E-state index contributed by atoms with van der Waals surface area (Å²) in [6.45, 7) is 0. The van der Waals surface area contributed by atoms with Crippen LogP contribution in [0.2, 0.25) is 0 Å². The molecule has 0 aliphatic rings. The standard InChI is InChI=1S/C3H6N4S/c4-3-2(1-8)5-7-6-3/h8H,1H2,(H3,4,5,6,7). The molecule has 0 aliphatic carbocycles. The number of nitrogens with one attached hydrogen (secondary N) is 1. The predicted molar refractivity (Wildman–Crippen MR) is 33.5 cm³/mol. The molecule has 1 heterocycles. The topological polar surface area (TPSA) is 67.6 Å². The molecule has 0 radical (unpaired) electrons. The minimum Gasteiger partial charge on any atom is -0.381 e. The lowest BCUT2D eigenvalue weighted by Gasteiger charge is -1.82. The van der Waals surface area contributed by atoms with E-state index in [1.54, 1.807) is 0 Å². The van der Waals surface area contributed by atoms with Crippen LogP contribution in [-0.2, 0) is 5.75 Å². The van der Waals surface area contributed by atoms with Gasteiger partial charge in [0.1, 0.15) is 5.69 Å². The van der Waals surface area contributed by atoms with Crippen molar-refractivity contribution < 1.29 is 0 Å². The number of nitrogens with zero attached hydrogens (tertiary/aromatic N) is 2. The van der Waals surface area contributed by atoms with E-state index in [1.807, 2.05) is 0 Å². The van der Waals surface area contributed by atoms with Crippen LogP contribution in [0.25, 0.3) is 0 Å². The number of nitrogens with two attached hydrogens (primary N) is 1. The summed E-state index contributed by atoms with van der Waals surface area (Å²) in [5.74, 6) is 0.961. The van der Waals surface area contributed by atoms with Crippen LogP contribution in [0.4, 0.5) is 5.82 Å². The highest BCUT2D eigenvalue weighted by atomic mass is 32.1. The monoisotopic (exact) mass is 130 g/mol. The highest BCUT2D eigenvalue weighted by Gasteiger charge is 1.97. The van der Waals surface area contributed by atoms with E-state index in [0.717, 1.165) is 0 Å². The lowest BCUT2D eigenvalue weighted by molar-refractivity contribution is 0.928. The third-order valence-corrected chi connectivity index (χ3v) is 1.10. The number of aromatic nitrogens is 3. The van der Waals surface area contributed by atoms with E-state index in [-0.39, 0.29) is 0 Å². The number of aromatic amines is 1. The van der Waals surface area contributed by atoms with Crippen molar-refractivity contribution >= 4 is 18.4 Å². The maximum Gasteiger partial charge on any atom is 0.169 e. The Balaban J connectivity index is 2.92. The van der Waals surface area contributed by atoms with E-state index >= 15 is 0 Å². The highest BCUT2D eigenvalue weighted by Crippen LogP contribution is 2.03. The molecule has 4 nitrogen and oxygen atoms in total. The third-order valence-electron chi connectivity index (χ3n) is 0.801. The van der Waals surface area contributed by atoms with Crippen LogP contribution in [0.15, 0.2) is 0 Å². The number of rotatable bonds is 1. The summed E-state index contributed by atoms with van der Waals surface area (Å²) in [5.41, 5.74) is 6.00. The summed E-state index contributed by atoms with van der Waals surface area (Å²) in [6.07, 6.45) is 0. The molecular formula is C3H6N4S. The summed E-state index contributed by atoms with van der Waals surface area (Å²) in [5, 5.41) is 9.65. The molecule has 0 bridgehead atoms. The summed E-state index contributed by atoms with van der Waals surface area (Å²) >= 11 is 3.94. The van der Waals surface area contributed by atoms with Gasteiger partial charge >= 0.3 is 0 Å². The molecule has 0 saturated heterocycles. The Morgan fingerprint density at radius 3 is 2.62 bits per heavy atom. The van der Waals surface area contributed by atoms with Gasteiger partial charge in [-0.15, -0.1) is 5.10 Å². The summed E-state index contributed by atoms with van der Waals surface area (Å²) in [6, 6.07) is 0. The summed E-state index contributed by atoms with van der Waals surface area (Å²) in [7, 11) is 0. The second-order valence-corrected chi connectivity index (χ2v) is 1.63. The fourth-order valence-corrected chi connectivity index (χ4v) is 0.610. The zero-order valence-electron chi connectivity index (χ0n) is 4.13. The van der Waals surface area contributed by atoms with Gasteiger partial charge in [0.25, 0.3) is 0 Å². The number of hydrogen-bond donors (Lipinski definition) is 3. The molecule has 0 unspecified atom stereocenters. The molecule has 8 heavy (non-hydrogen) atoms. The van der Waals surface area contributed by atoms with Crippen molar-refractivity contribution in [3.05, 3.63) is 5.69 Å². The molecule has 0 saturated carbocycles. The normalized spacial score (nSPS) is 9.62. The van der Waals surface area contributed by atoms with Crippen LogP contribution < -0.4 is 5.73 Å². The number of hydrogen-bond acceptors (Lipinski definition) is 4. The molecule has 0 amide bonds. The van der Waals surface area contributed by atoms with Crippen molar-refractivity contribution in [1.82, 2.24) is 15.4 Å². The Bertz CT molecular complexity index is 172. The Kier molecular flexibility index (Phi) is 1.38. The van der Waals surface area contributed by atoms with Gasteiger partial charge in [-0.05, 0) is 0 Å². The fourth-order valence-electron chi connectivity index (χ4n) is 0.377. The first-order chi connectivity index (χ1) is 3.84. The molecule has 0 aromatic carbocycles. The van der Waals surface area contributed by atoms with E-state index < -0.39 is 0 Å². The van der Waals surface area contributed by atoms with Gasteiger partial charge in [-0.1, -0.05) is 0 Å². The van der Waals surface area contributed by atoms with Gasteiger partial charge in [0.05, 0.1) is 0 Å². The number of H-pyrrole nitrogens is 1. The van der Waals surface area contributed by atoms with Crippen LogP contribution >= 0.6 is 12.6 Å². The van der Waals surface area contributed by atoms with Gasteiger partial charge in [0.15, 0.2) is 5.82 Å². The number of nitrogen functional groups attached to an aromatic ring is 1. The Labute approximate surface area is 51.9 Å². The van der Waals surface area contributed by atoms with Crippen LogP contribution in [0.3, 0.4) is 0 Å². The maximum absolute atomic E-state index is 5.30. The molecule has 0 atom stereocenters. The van der Waals surface area contributed by atoms with Gasteiger partial charge < -0.3 is 5.73 Å². The second-order valence-electron chi connectivity index (χ2n) is 1.31. The van der Waals surface area contributed by atoms with Crippen LogP contribution in [0, 0.1) is 0 Å². The molecule has 3 N–H and O–H groups in total. The van der Waals surface area contributed by atoms with Gasteiger partial charge in [-0.2, -0.15) is 22.9 Å². The predicted octanol–water partition coefficient (Wildman–Crippen LogP) is -0.183. The smallest absolute Gasteiger partial charge is 0.169 e. The Morgan fingerprint density at radius 2 is 2.38 bits per heavy atom. The summed E-state index contributed by atoms with van der Waals surface area (Å²) < 4.78 is 0. The van der Waals surface area contributed by atoms with Crippen molar-refractivity contribution in [1.29, 1.82) is 0 Å². The number of anilines is 1. The average Bonchev–Trinajstić information content (AvgIpc) is 2.14. The van der Waals surface area contributed by atoms with Crippen molar-refractivity contribution in [2.45, 2.75) is 5.75 Å². The molecule has 1 aromatic heterocycles. The van der Waals surface area contributed by atoms with E-state index in [0.29, 0.717) is 17.3 Å². The molecule has 1 rings (SSSR count). The molecule has 0 aliphatic heterocycles. The van der Waals surface area contributed by atoms with E-state index in [2.05, 4.69) is 28.0 Å². The van der Waals surface area contributed by atoms with Crippen LogP contribution in [0.1, 0.15) is 5.69 Å². The maximum atomic E-state index is 5.30. The Morgan fingerprint density at radius 1 is 1.62 bits per heavy atom. The molecule has 1 aromatic rings. The highest BCUT2D eigenvalue weighted by molar-refractivity contribution is 7.79. The van der Waals surface area contributed by atoms with Gasteiger partial charge in [0.2, 0.25) is 0 Å². The third kappa shape index (κ3) is 0.764. The van der Waals surface area contributed by atoms with E-state index in [4.69, 9.17) is 5.73 Å². The van der Waals surface area contributed by atoms with Crippen LogP contribution in [-0.4, -0.2) is 15.4 Å². The lowest BCUT2D eigenvalue weighted by atomic mass is 10.5. The molecule has 0 spiro atoms. The summed E-state index contributed by atoms with van der Waals surface area (Å²) in [4.78, 5) is 0. The van der Waals surface area contributed by atoms with Crippen LogP contribution in [0.5, 0.6) is 0 Å². The zero-order chi connectivity index (χ0) is 5.98. The molecule has 0 fully saturated rings. The first-order valence-electron chi connectivity index (χ1n) is 2.10. The molecule has 5 heteroatoms. The largest absolute Gasteiger partial charge is 0.381 e. The molecule has 44 valence electrons. The minimum atomic E-state index is 0.431. The number of thiol groups is 1. The zero-order valence-corrected chi connectivity index (χ0v) is 5.02. The van der Waals surface area contributed by atoms with E-state index in [9.17, 15) is 0 Å². The van der Waals surface area contributed by atoms with Gasteiger partial charge in [-0.3, -0.25) is 0 Å². The second kappa shape index (κ2) is 2.04. The lowest BCUT2D eigenvalue weighted by Crippen LogP contribution is -1.88. The van der Waals surface area contributed by atoms with Crippen molar-refractivity contribution in [2.24, 2.45) is 0 Å². The van der Waals surface area contributed by atoms with Crippen molar-refractivity contribution in [3.8, 4) is 0 Å². The first kappa shape index (κ1) is 5.43. The fraction of sp³-hybridized carbons (Fsp3) is 0.333. The molecular weight excluding hydrogens is 124 g/mol. The van der Waals surface area contributed by atoms with Gasteiger partial charge in [0, 0.05) is 5.75 Å². The minimum absolute atomic E-state index is 0.431.